The quantitative estimate of drug-likeness (QED) is 0.439. The minimum Gasteiger partial charge on any atom is -0.355 e. The lowest BCUT2D eigenvalue weighted by Crippen LogP contribution is -2.41. The predicted molar refractivity (Wildman–Crippen MR) is 142 cm³/mol. The summed E-state index contributed by atoms with van der Waals surface area (Å²) < 4.78 is 34.0. The molecule has 1 amide bonds. The van der Waals surface area contributed by atoms with Crippen LogP contribution in [0.4, 0.5) is 5.69 Å². The molecule has 0 aliphatic carbocycles. The van der Waals surface area contributed by atoms with Crippen molar-refractivity contribution in [2.24, 2.45) is 5.92 Å². The Hall–Kier alpha value is -2.94. The average molecular weight is 528 g/mol. The minimum atomic E-state index is -3.85. The molecule has 0 atom stereocenters. The highest BCUT2D eigenvalue weighted by molar-refractivity contribution is 7.89. The van der Waals surface area contributed by atoms with Gasteiger partial charge in [0.05, 0.1) is 0 Å². The second-order valence-corrected chi connectivity index (χ2v) is 11.6. The van der Waals surface area contributed by atoms with Gasteiger partial charge in [-0.1, -0.05) is 46.6 Å². The van der Waals surface area contributed by atoms with Gasteiger partial charge in [0.15, 0.2) is 10.7 Å². The fraction of sp³-hybridized carbons (Fsp3) is 0.333. The van der Waals surface area contributed by atoms with E-state index >= 15 is 0 Å². The second-order valence-electron chi connectivity index (χ2n) is 9.29. The lowest BCUT2D eigenvalue weighted by molar-refractivity contribution is -0.120. The van der Waals surface area contributed by atoms with Gasteiger partial charge in [0, 0.05) is 29.7 Å². The molecule has 1 aliphatic heterocycles. The number of halogens is 1. The molecule has 36 heavy (non-hydrogen) atoms. The molecule has 4 rings (SSSR count). The first-order chi connectivity index (χ1) is 17.1. The number of sulfonamides is 1. The van der Waals surface area contributed by atoms with E-state index in [-0.39, 0.29) is 35.6 Å². The molecule has 2 aromatic carbocycles. The van der Waals surface area contributed by atoms with Crippen LogP contribution in [0.15, 0.2) is 45.8 Å². The second kappa shape index (κ2) is 10.6. The highest BCUT2D eigenvalue weighted by Crippen LogP contribution is 2.30. The topological polar surface area (TPSA) is 92.5 Å². The van der Waals surface area contributed by atoms with Gasteiger partial charge in [-0.05, 0) is 81.5 Å². The van der Waals surface area contributed by atoms with Gasteiger partial charge in [0.2, 0.25) is 15.9 Å². The number of anilines is 1. The van der Waals surface area contributed by atoms with Crippen molar-refractivity contribution in [3.05, 3.63) is 75.1 Å². The number of piperidine rings is 1. The molecule has 0 radical (unpaired) electrons. The summed E-state index contributed by atoms with van der Waals surface area (Å²) >= 11 is 5.99. The molecule has 1 fully saturated rings. The summed E-state index contributed by atoms with van der Waals surface area (Å²) in [5.74, 6) is -0.221. The van der Waals surface area contributed by atoms with Crippen LogP contribution in [-0.4, -0.2) is 36.9 Å². The molecule has 0 spiro atoms. The molecule has 190 valence electrons. The van der Waals surface area contributed by atoms with E-state index in [1.807, 2.05) is 26.8 Å². The summed E-state index contributed by atoms with van der Waals surface area (Å²) in [4.78, 5) is 12.8. The van der Waals surface area contributed by atoms with Crippen molar-refractivity contribution < 1.29 is 17.7 Å². The smallest absolute Gasteiger partial charge is 0.248 e. The van der Waals surface area contributed by atoms with Crippen LogP contribution in [-0.2, 0) is 14.8 Å². The summed E-state index contributed by atoms with van der Waals surface area (Å²) in [5.41, 5.74) is 5.33. The number of nitrogens with zero attached hydrogens (tertiary/aromatic N) is 2. The van der Waals surface area contributed by atoms with Crippen LogP contribution >= 0.6 is 11.6 Å². The number of hydrogen-bond acceptors (Lipinski definition) is 5. The summed E-state index contributed by atoms with van der Waals surface area (Å²) in [7, 11) is -3.85. The fourth-order valence-electron chi connectivity index (χ4n) is 4.71. The third-order valence-corrected chi connectivity index (χ3v) is 8.78. The van der Waals surface area contributed by atoms with E-state index in [1.54, 1.807) is 37.3 Å². The van der Waals surface area contributed by atoms with Crippen molar-refractivity contribution in [3.8, 4) is 0 Å². The van der Waals surface area contributed by atoms with Gasteiger partial charge in [0.25, 0.3) is 0 Å². The van der Waals surface area contributed by atoms with Crippen LogP contribution in [0.2, 0.25) is 5.02 Å². The van der Waals surface area contributed by atoms with Crippen molar-refractivity contribution in [2.45, 2.75) is 45.4 Å². The molecule has 7 nitrogen and oxygen atoms in total. The summed E-state index contributed by atoms with van der Waals surface area (Å²) in [6.45, 7) is 8.19. The first-order valence-corrected chi connectivity index (χ1v) is 13.7. The molecule has 9 heteroatoms. The zero-order valence-corrected chi connectivity index (χ0v) is 22.4. The van der Waals surface area contributed by atoms with Crippen LogP contribution in [0, 0.1) is 33.6 Å². The number of aryl methyl sites for hydroxylation is 4. The Morgan fingerprint density at radius 3 is 2.39 bits per heavy atom. The predicted octanol–water partition coefficient (Wildman–Crippen LogP) is 5.77. The van der Waals surface area contributed by atoms with Gasteiger partial charge in [-0.15, -0.1) is 0 Å². The van der Waals surface area contributed by atoms with Gasteiger partial charge in [-0.3, -0.25) is 4.79 Å². The summed E-state index contributed by atoms with van der Waals surface area (Å²) in [6.07, 6.45) is 4.38. The number of aromatic nitrogens is 1. The molecule has 2 heterocycles. The van der Waals surface area contributed by atoms with Crippen LogP contribution in [0.25, 0.3) is 12.2 Å². The number of hydrogen-bond donors (Lipinski definition) is 1. The van der Waals surface area contributed by atoms with Crippen molar-refractivity contribution >= 4 is 45.4 Å². The third kappa shape index (κ3) is 5.56. The van der Waals surface area contributed by atoms with Crippen LogP contribution in [0.3, 0.4) is 0 Å². The van der Waals surface area contributed by atoms with Crippen molar-refractivity contribution in [1.82, 2.24) is 9.46 Å². The molecule has 1 saturated heterocycles. The zero-order valence-electron chi connectivity index (χ0n) is 20.8. The van der Waals surface area contributed by atoms with Gasteiger partial charge in [-0.2, -0.15) is 4.31 Å². The number of amides is 1. The van der Waals surface area contributed by atoms with Gasteiger partial charge in [-0.25, -0.2) is 8.42 Å². The largest absolute Gasteiger partial charge is 0.355 e. The summed E-state index contributed by atoms with van der Waals surface area (Å²) in [6, 6.07) is 11.1. The molecular weight excluding hydrogens is 498 g/mol. The standard InChI is InChI=1S/C27H30ClN3O4S/c1-17-14-18(2)24(19(3)15-17)8-9-25-26(20(4)30-35-25)36(33,34)31-12-10-21(11-13-31)27(32)29-23-7-5-6-22(28)16-23/h5-9,14-16,21H,10-13H2,1-4H3,(H,29,32)/b9-8+. The molecule has 1 aromatic heterocycles. The average Bonchev–Trinajstić information content (AvgIpc) is 3.19. The number of rotatable bonds is 6. The van der Waals surface area contributed by atoms with E-state index in [2.05, 4.69) is 22.6 Å². The molecular formula is C27H30ClN3O4S. The minimum absolute atomic E-state index is 0.0722. The van der Waals surface area contributed by atoms with Crippen LogP contribution in [0.1, 0.15) is 46.5 Å². The Morgan fingerprint density at radius 2 is 1.75 bits per heavy atom. The van der Waals surface area contributed by atoms with E-state index in [1.165, 1.54) is 9.87 Å². The van der Waals surface area contributed by atoms with E-state index < -0.39 is 10.0 Å². The van der Waals surface area contributed by atoms with Gasteiger partial charge < -0.3 is 9.84 Å². The molecule has 0 saturated carbocycles. The van der Waals surface area contributed by atoms with Crippen LogP contribution < -0.4 is 5.32 Å². The fourth-order valence-corrected chi connectivity index (χ4v) is 6.62. The van der Waals surface area contributed by atoms with Crippen LogP contribution in [0.5, 0.6) is 0 Å². The van der Waals surface area contributed by atoms with E-state index in [0.717, 1.165) is 16.7 Å². The van der Waals surface area contributed by atoms with Crippen molar-refractivity contribution in [1.29, 1.82) is 0 Å². The zero-order chi connectivity index (χ0) is 26.0. The maximum absolute atomic E-state index is 13.6. The lowest BCUT2D eigenvalue weighted by Gasteiger charge is -2.30. The first-order valence-electron chi connectivity index (χ1n) is 11.8. The van der Waals surface area contributed by atoms with E-state index in [0.29, 0.717) is 29.2 Å². The molecule has 0 bridgehead atoms. The maximum atomic E-state index is 13.6. The lowest BCUT2D eigenvalue weighted by atomic mass is 9.97. The van der Waals surface area contributed by atoms with E-state index in [4.69, 9.17) is 16.1 Å². The SMILES string of the molecule is Cc1cc(C)c(/C=C/c2onc(C)c2S(=O)(=O)N2CCC(C(=O)Nc3cccc(Cl)c3)CC2)c(C)c1. The highest BCUT2D eigenvalue weighted by Gasteiger charge is 2.36. The number of nitrogens with one attached hydrogen (secondary N) is 1. The highest BCUT2D eigenvalue weighted by atomic mass is 35.5. The molecule has 3 aromatic rings. The van der Waals surface area contributed by atoms with Gasteiger partial charge >= 0.3 is 0 Å². The Bertz CT molecular complexity index is 1400. The van der Waals surface area contributed by atoms with E-state index in [9.17, 15) is 13.2 Å². The number of benzene rings is 2. The monoisotopic (exact) mass is 527 g/mol. The summed E-state index contributed by atoms with van der Waals surface area (Å²) in [5, 5.41) is 7.35. The Balaban J connectivity index is 1.48. The Kier molecular flexibility index (Phi) is 7.68. The number of carbonyl (C=O) groups excluding carboxylic acids is 1. The maximum Gasteiger partial charge on any atom is 0.248 e. The Labute approximate surface area is 217 Å². The Morgan fingerprint density at radius 1 is 1.08 bits per heavy atom. The first kappa shape index (κ1) is 26.1. The third-order valence-electron chi connectivity index (χ3n) is 6.49. The van der Waals surface area contributed by atoms with Gasteiger partial charge in [0.1, 0.15) is 5.69 Å². The molecule has 1 N–H and O–H groups in total. The normalized spacial score (nSPS) is 15.5. The number of carbonyl (C=O) groups is 1. The molecule has 0 unspecified atom stereocenters. The molecule has 1 aliphatic rings. The van der Waals surface area contributed by atoms with Crippen molar-refractivity contribution in [3.63, 3.8) is 0 Å². The van der Waals surface area contributed by atoms with Crippen molar-refractivity contribution in [2.75, 3.05) is 18.4 Å².